The number of piperidine rings is 1. The summed E-state index contributed by atoms with van der Waals surface area (Å²) in [5, 5.41) is 0. The van der Waals surface area contributed by atoms with Gasteiger partial charge >= 0.3 is 0 Å². The molecule has 0 saturated carbocycles. The van der Waals surface area contributed by atoms with Crippen molar-refractivity contribution in [3.63, 3.8) is 0 Å². The number of hydrogen-bond acceptors (Lipinski definition) is 3. The van der Waals surface area contributed by atoms with E-state index in [4.69, 9.17) is 5.73 Å². The Balaban J connectivity index is 2.06. The van der Waals surface area contributed by atoms with Gasteiger partial charge in [-0.3, -0.25) is 9.78 Å². The second-order valence-corrected chi connectivity index (χ2v) is 4.42. The van der Waals surface area contributed by atoms with E-state index in [0.29, 0.717) is 11.5 Å². The monoisotopic (exact) mass is 219 g/mol. The fourth-order valence-corrected chi connectivity index (χ4v) is 2.02. The van der Waals surface area contributed by atoms with Crippen LogP contribution in [-0.2, 0) is 0 Å². The van der Waals surface area contributed by atoms with Crippen LogP contribution in [0.5, 0.6) is 0 Å². The topological polar surface area (TPSA) is 59.2 Å². The molecule has 1 aromatic heterocycles. The molecule has 1 saturated heterocycles. The third kappa shape index (κ3) is 2.22. The number of amides is 1. The van der Waals surface area contributed by atoms with Crippen molar-refractivity contribution >= 4 is 5.91 Å². The van der Waals surface area contributed by atoms with Crippen molar-refractivity contribution in [2.24, 2.45) is 11.7 Å². The molecule has 1 fully saturated rings. The van der Waals surface area contributed by atoms with Crippen molar-refractivity contribution in [3.05, 3.63) is 30.1 Å². The Morgan fingerprint density at radius 2 is 2.44 bits per heavy atom. The molecular formula is C12H17N3O. The molecule has 4 nitrogen and oxygen atoms in total. The Bertz CT molecular complexity index is 366. The fraction of sp³-hybridized carbons (Fsp3) is 0.500. The van der Waals surface area contributed by atoms with Crippen molar-refractivity contribution in [2.45, 2.75) is 19.4 Å². The predicted octanol–water partition coefficient (Wildman–Crippen LogP) is 0.891. The van der Waals surface area contributed by atoms with Gasteiger partial charge in [0.25, 0.3) is 5.91 Å². The minimum Gasteiger partial charge on any atom is -0.338 e. The molecule has 2 heterocycles. The summed E-state index contributed by atoms with van der Waals surface area (Å²) >= 11 is 0. The van der Waals surface area contributed by atoms with E-state index in [9.17, 15) is 4.79 Å². The highest BCUT2D eigenvalue weighted by Gasteiger charge is 2.26. The lowest BCUT2D eigenvalue weighted by Gasteiger charge is -2.35. The molecule has 16 heavy (non-hydrogen) atoms. The second kappa shape index (κ2) is 4.61. The van der Waals surface area contributed by atoms with Gasteiger partial charge in [-0.05, 0) is 24.5 Å². The van der Waals surface area contributed by atoms with Gasteiger partial charge in [-0.25, -0.2) is 0 Å². The zero-order chi connectivity index (χ0) is 11.5. The third-order valence-electron chi connectivity index (χ3n) is 3.17. The maximum Gasteiger partial charge on any atom is 0.255 e. The molecule has 0 aliphatic carbocycles. The van der Waals surface area contributed by atoms with Crippen molar-refractivity contribution in [1.82, 2.24) is 9.88 Å². The SMILES string of the molecule is CC1CN(C(=O)c2cccnc2)CCC1N. The molecule has 0 aromatic carbocycles. The quantitative estimate of drug-likeness (QED) is 0.763. The maximum atomic E-state index is 12.1. The molecule has 1 aliphatic rings. The average molecular weight is 219 g/mol. The fourth-order valence-electron chi connectivity index (χ4n) is 2.02. The largest absolute Gasteiger partial charge is 0.338 e. The summed E-state index contributed by atoms with van der Waals surface area (Å²) in [4.78, 5) is 17.9. The number of aromatic nitrogens is 1. The molecule has 1 aromatic rings. The molecule has 2 rings (SSSR count). The number of hydrogen-bond donors (Lipinski definition) is 1. The summed E-state index contributed by atoms with van der Waals surface area (Å²) in [6.07, 6.45) is 4.17. The number of carbonyl (C=O) groups excluding carboxylic acids is 1. The van der Waals surface area contributed by atoms with Crippen LogP contribution in [0.15, 0.2) is 24.5 Å². The molecule has 0 spiro atoms. The van der Waals surface area contributed by atoms with E-state index in [2.05, 4.69) is 11.9 Å². The molecule has 2 N–H and O–H groups in total. The van der Waals surface area contributed by atoms with Crippen LogP contribution >= 0.6 is 0 Å². The van der Waals surface area contributed by atoms with Crippen molar-refractivity contribution in [3.8, 4) is 0 Å². The Morgan fingerprint density at radius 1 is 1.62 bits per heavy atom. The summed E-state index contributed by atoms with van der Waals surface area (Å²) in [5.74, 6) is 0.432. The van der Waals surface area contributed by atoms with Crippen LogP contribution in [0, 0.1) is 5.92 Å². The first-order chi connectivity index (χ1) is 7.68. The number of nitrogens with two attached hydrogens (primary N) is 1. The number of pyridine rings is 1. The Hall–Kier alpha value is -1.42. The lowest BCUT2D eigenvalue weighted by Crippen LogP contribution is -2.48. The molecule has 0 bridgehead atoms. The minimum absolute atomic E-state index is 0.0619. The van der Waals surface area contributed by atoms with E-state index in [1.807, 2.05) is 4.90 Å². The number of rotatable bonds is 1. The van der Waals surface area contributed by atoms with Crippen LogP contribution in [-0.4, -0.2) is 34.9 Å². The molecular weight excluding hydrogens is 202 g/mol. The zero-order valence-corrected chi connectivity index (χ0v) is 9.47. The van der Waals surface area contributed by atoms with Crippen LogP contribution < -0.4 is 5.73 Å². The van der Waals surface area contributed by atoms with Gasteiger partial charge in [0, 0.05) is 31.5 Å². The number of likely N-dealkylation sites (tertiary alicyclic amines) is 1. The van der Waals surface area contributed by atoms with Crippen LogP contribution in [0.2, 0.25) is 0 Å². The number of carbonyl (C=O) groups is 1. The van der Waals surface area contributed by atoms with E-state index in [1.165, 1.54) is 0 Å². The first-order valence-corrected chi connectivity index (χ1v) is 5.63. The second-order valence-electron chi connectivity index (χ2n) is 4.42. The Morgan fingerprint density at radius 3 is 3.06 bits per heavy atom. The van der Waals surface area contributed by atoms with E-state index < -0.39 is 0 Å². The van der Waals surface area contributed by atoms with Crippen LogP contribution in [0.25, 0.3) is 0 Å². The van der Waals surface area contributed by atoms with Crippen molar-refractivity contribution in [1.29, 1.82) is 0 Å². The highest BCUT2D eigenvalue weighted by molar-refractivity contribution is 5.93. The van der Waals surface area contributed by atoms with Gasteiger partial charge in [-0.15, -0.1) is 0 Å². The van der Waals surface area contributed by atoms with Gasteiger partial charge in [0.05, 0.1) is 5.56 Å². The highest BCUT2D eigenvalue weighted by atomic mass is 16.2. The van der Waals surface area contributed by atoms with Crippen LogP contribution in [0.4, 0.5) is 0 Å². The molecule has 86 valence electrons. The average Bonchev–Trinajstić information content (AvgIpc) is 2.33. The Labute approximate surface area is 95.5 Å². The van der Waals surface area contributed by atoms with Gasteiger partial charge in [-0.2, -0.15) is 0 Å². The lowest BCUT2D eigenvalue weighted by molar-refractivity contribution is 0.0664. The summed E-state index contributed by atoms with van der Waals surface area (Å²) < 4.78 is 0. The normalized spacial score (nSPS) is 25.5. The molecule has 1 aliphatic heterocycles. The molecule has 4 heteroatoms. The minimum atomic E-state index is 0.0619. The predicted molar refractivity (Wildman–Crippen MR) is 61.9 cm³/mol. The van der Waals surface area contributed by atoms with Crippen LogP contribution in [0.3, 0.4) is 0 Å². The van der Waals surface area contributed by atoms with Crippen molar-refractivity contribution in [2.75, 3.05) is 13.1 Å². The van der Waals surface area contributed by atoms with Crippen LogP contribution in [0.1, 0.15) is 23.7 Å². The first-order valence-electron chi connectivity index (χ1n) is 5.63. The van der Waals surface area contributed by atoms with Gasteiger partial charge in [0.15, 0.2) is 0 Å². The molecule has 2 atom stereocenters. The summed E-state index contributed by atoms with van der Waals surface area (Å²) in [6.45, 7) is 3.58. The smallest absolute Gasteiger partial charge is 0.255 e. The Kier molecular flexibility index (Phi) is 3.19. The molecule has 1 amide bonds. The van der Waals surface area contributed by atoms with Crippen molar-refractivity contribution < 1.29 is 4.79 Å². The van der Waals surface area contributed by atoms with E-state index in [-0.39, 0.29) is 11.9 Å². The summed E-state index contributed by atoms with van der Waals surface area (Å²) in [7, 11) is 0. The first kappa shape index (κ1) is 11.1. The maximum absolute atomic E-state index is 12.1. The van der Waals surface area contributed by atoms with Gasteiger partial charge in [-0.1, -0.05) is 6.92 Å². The zero-order valence-electron chi connectivity index (χ0n) is 9.47. The summed E-state index contributed by atoms with van der Waals surface area (Å²) in [5.41, 5.74) is 6.59. The van der Waals surface area contributed by atoms with E-state index in [1.54, 1.807) is 24.5 Å². The number of nitrogens with zero attached hydrogens (tertiary/aromatic N) is 2. The lowest BCUT2D eigenvalue weighted by atomic mass is 9.94. The highest BCUT2D eigenvalue weighted by Crippen LogP contribution is 2.16. The third-order valence-corrected chi connectivity index (χ3v) is 3.17. The van der Waals surface area contributed by atoms with Gasteiger partial charge < -0.3 is 10.6 Å². The molecule has 2 unspecified atom stereocenters. The van der Waals surface area contributed by atoms with Gasteiger partial charge in [0.1, 0.15) is 0 Å². The van der Waals surface area contributed by atoms with E-state index >= 15 is 0 Å². The standard InChI is InChI=1S/C12H17N3O/c1-9-8-15(6-4-11(9)13)12(16)10-3-2-5-14-7-10/h2-3,5,7,9,11H,4,6,8,13H2,1H3. The van der Waals surface area contributed by atoms with E-state index in [0.717, 1.165) is 19.5 Å². The summed E-state index contributed by atoms with van der Waals surface area (Å²) in [6, 6.07) is 3.80. The molecule has 0 radical (unpaired) electrons. The van der Waals surface area contributed by atoms with Gasteiger partial charge in [0.2, 0.25) is 0 Å².